The fourth-order valence-electron chi connectivity index (χ4n) is 1.89. The van der Waals surface area contributed by atoms with Gasteiger partial charge in [-0.3, -0.25) is 4.98 Å². The highest BCUT2D eigenvalue weighted by Gasteiger charge is 2.31. The third-order valence-electron chi connectivity index (χ3n) is 2.73. The van der Waals surface area contributed by atoms with E-state index in [2.05, 4.69) is 9.72 Å². The molecule has 6 heteroatoms. The molecule has 1 unspecified atom stereocenters. The molecule has 0 fully saturated rings. The number of ether oxygens (including phenoxy) is 1. The largest absolute Gasteiger partial charge is 0.573 e. The standard InChI is InChI=1S/C15H14F3NO2/c1-10(20)7-13-6-5-12(9-19-13)11-3-2-4-14(8-11)21-15(16,17)18/h2-6,8-10,20H,7H2,1H3. The number of rotatable bonds is 4. The molecular formula is C15H14F3NO2. The zero-order valence-corrected chi connectivity index (χ0v) is 11.3. The van der Waals surface area contributed by atoms with Crippen LogP contribution in [0.2, 0.25) is 0 Å². The van der Waals surface area contributed by atoms with Crippen LogP contribution in [0, 0.1) is 0 Å². The van der Waals surface area contributed by atoms with Crippen LogP contribution >= 0.6 is 0 Å². The Balaban J connectivity index is 2.20. The second kappa shape index (κ2) is 6.13. The number of halogens is 3. The summed E-state index contributed by atoms with van der Waals surface area (Å²) in [5.41, 5.74) is 1.97. The Morgan fingerprint density at radius 1 is 1.19 bits per heavy atom. The Bertz CT molecular complexity index is 595. The van der Waals surface area contributed by atoms with Crippen molar-refractivity contribution >= 4 is 0 Å². The minimum atomic E-state index is -4.71. The predicted molar refractivity (Wildman–Crippen MR) is 71.7 cm³/mol. The second-order valence-corrected chi connectivity index (χ2v) is 4.67. The monoisotopic (exact) mass is 297 g/mol. The minimum Gasteiger partial charge on any atom is -0.406 e. The predicted octanol–water partition coefficient (Wildman–Crippen LogP) is 3.57. The zero-order chi connectivity index (χ0) is 15.5. The highest BCUT2D eigenvalue weighted by atomic mass is 19.4. The smallest absolute Gasteiger partial charge is 0.406 e. The topological polar surface area (TPSA) is 42.4 Å². The van der Waals surface area contributed by atoms with E-state index in [1.807, 2.05) is 0 Å². The van der Waals surface area contributed by atoms with E-state index < -0.39 is 12.5 Å². The number of aliphatic hydroxyl groups is 1. The average molecular weight is 297 g/mol. The van der Waals surface area contributed by atoms with Crippen molar-refractivity contribution in [2.75, 3.05) is 0 Å². The summed E-state index contributed by atoms with van der Waals surface area (Å²) in [5.74, 6) is -0.270. The molecule has 3 nitrogen and oxygen atoms in total. The number of nitrogens with zero attached hydrogens (tertiary/aromatic N) is 1. The molecule has 0 spiro atoms. The van der Waals surface area contributed by atoms with E-state index in [1.54, 1.807) is 31.3 Å². The lowest BCUT2D eigenvalue weighted by Crippen LogP contribution is -2.17. The molecule has 21 heavy (non-hydrogen) atoms. The van der Waals surface area contributed by atoms with Crippen molar-refractivity contribution in [2.45, 2.75) is 25.8 Å². The SMILES string of the molecule is CC(O)Cc1ccc(-c2cccc(OC(F)(F)F)c2)cn1. The van der Waals surface area contributed by atoms with Gasteiger partial charge in [0.15, 0.2) is 0 Å². The first-order chi connectivity index (χ1) is 9.83. The van der Waals surface area contributed by atoms with Gasteiger partial charge in [-0.25, -0.2) is 0 Å². The van der Waals surface area contributed by atoms with Gasteiger partial charge in [-0.2, -0.15) is 0 Å². The third kappa shape index (κ3) is 4.75. The normalized spacial score (nSPS) is 13.0. The summed E-state index contributed by atoms with van der Waals surface area (Å²) in [6, 6.07) is 9.19. The van der Waals surface area contributed by atoms with Crippen molar-refractivity contribution < 1.29 is 23.0 Å². The summed E-state index contributed by atoms with van der Waals surface area (Å²) < 4.78 is 40.5. The van der Waals surface area contributed by atoms with Crippen molar-refractivity contribution in [1.29, 1.82) is 0 Å². The Morgan fingerprint density at radius 3 is 2.52 bits per heavy atom. The van der Waals surface area contributed by atoms with Gasteiger partial charge < -0.3 is 9.84 Å². The Morgan fingerprint density at radius 2 is 1.95 bits per heavy atom. The number of benzene rings is 1. The molecule has 2 aromatic rings. The maximum absolute atomic E-state index is 12.2. The lowest BCUT2D eigenvalue weighted by Gasteiger charge is -2.10. The lowest BCUT2D eigenvalue weighted by atomic mass is 10.1. The number of hydrogen-bond donors (Lipinski definition) is 1. The summed E-state index contributed by atoms with van der Waals surface area (Å²) in [5, 5.41) is 9.27. The maximum Gasteiger partial charge on any atom is 0.573 e. The minimum absolute atomic E-state index is 0.270. The summed E-state index contributed by atoms with van der Waals surface area (Å²) >= 11 is 0. The summed E-state index contributed by atoms with van der Waals surface area (Å²) in [6.07, 6.45) is -3.22. The van der Waals surface area contributed by atoms with E-state index >= 15 is 0 Å². The molecule has 0 amide bonds. The molecule has 0 bridgehead atoms. The first-order valence-corrected chi connectivity index (χ1v) is 6.33. The molecule has 1 atom stereocenters. The van der Waals surface area contributed by atoms with Crippen LogP contribution in [0.1, 0.15) is 12.6 Å². The third-order valence-corrected chi connectivity index (χ3v) is 2.73. The highest BCUT2D eigenvalue weighted by Crippen LogP contribution is 2.27. The van der Waals surface area contributed by atoms with Gasteiger partial charge >= 0.3 is 6.36 Å². The van der Waals surface area contributed by atoms with Crippen LogP contribution in [-0.4, -0.2) is 22.6 Å². The number of hydrogen-bond acceptors (Lipinski definition) is 3. The van der Waals surface area contributed by atoms with E-state index in [9.17, 15) is 18.3 Å². The van der Waals surface area contributed by atoms with Crippen LogP contribution in [0.25, 0.3) is 11.1 Å². The number of alkyl halides is 3. The zero-order valence-electron chi connectivity index (χ0n) is 11.3. The van der Waals surface area contributed by atoms with E-state index in [0.717, 1.165) is 5.69 Å². The van der Waals surface area contributed by atoms with Crippen LogP contribution < -0.4 is 4.74 Å². The van der Waals surface area contributed by atoms with E-state index in [4.69, 9.17) is 0 Å². The molecule has 0 saturated heterocycles. The number of aliphatic hydroxyl groups excluding tert-OH is 1. The van der Waals surface area contributed by atoms with Gasteiger partial charge in [-0.05, 0) is 30.7 Å². The Labute approximate surface area is 120 Å². The molecule has 112 valence electrons. The molecule has 0 aliphatic rings. The first-order valence-electron chi connectivity index (χ1n) is 6.33. The quantitative estimate of drug-likeness (QED) is 0.938. The van der Waals surface area contributed by atoms with Crippen LogP contribution in [-0.2, 0) is 6.42 Å². The van der Waals surface area contributed by atoms with Crippen LogP contribution in [0.4, 0.5) is 13.2 Å². The lowest BCUT2D eigenvalue weighted by molar-refractivity contribution is -0.274. The Kier molecular flexibility index (Phi) is 4.47. The van der Waals surface area contributed by atoms with Gasteiger partial charge in [0.05, 0.1) is 6.10 Å². The van der Waals surface area contributed by atoms with Gasteiger partial charge in [0.2, 0.25) is 0 Å². The Hall–Kier alpha value is -2.08. The van der Waals surface area contributed by atoms with Gasteiger partial charge in [0.25, 0.3) is 0 Å². The van der Waals surface area contributed by atoms with E-state index in [-0.39, 0.29) is 5.75 Å². The van der Waals surface area contributed by atoms with Crippen molar-refractivity contribution in [3.05, 3.63) is 48.3 Å². The summed E-state index contributed by atoms with van der Waals surface area (Å²) in [4.78, 5) is 4.18. The van der Waals surface area contributed by atoms with Gasteiger partial charge in [-0.1, -0.05) is 18.2 Å². The number of aromatic nitrogens is 1. The highest BCUT2D eigenvalue weighted by molar-refractivity contribution is 5.64. The molecule has 0 aliphatic carbocycles. The van der Waals surface area contributed by atoms with E-state index in [1.165, 1.54) is 18.2 Å². The fourth-order valence-corrected chi connectivity index (χ4v) is 1.89. The van der Waals surface area contributed by atoms with Crippen molar-refractivity contribution in [3.8, 4) is 16.9 Å². The van der Waals surface area contributed by atoms with Gasteiger partial charge in [-0.15, -0.1) is 13.2 Å². The molecule has 1 aromatic carbocycles. The fraction of sp³-hybridized carbons (Fsp3) is 0.267. The maximum atomic E-state index is 12.2. The van der Waals surface area contributed by atoms with Crippen molar-refractivity contribution in [1.82, 2.24) is 4.98 Å². The first kappa shape index (κ1) is 15.3. The molecule has 2 rings (SSSR count). The molecule has 1 heterocycles. The molecule has 0 aliphatic heterocycles. The average Bonchev–Trinajstić information content (AvgIpc) is 2.37. The van der Waals surface area contributed by atoms with Gasteiger partial charge in [0.1, 0.15) is 5.75 Å². The van der Waals surface area contributed by atoms with Crippen molar-refractivity contribution in [2.24, 2.45) is 0 Å². The van der Waals surface area contributed by atoms with Crippen LogP contribution in [0.5, 0.6) is 5.75 Å². The summed E-state index contributed by atoms with van der Waals surface area (Å²) in [6.45, 7) is 1.66. The summed E-state index contributed by atoms with van der Waals surface area (Å²) in [7, 11) is 0. The molecule has 1 aromatic heterocycles. The van der Waals surface area contributed by atoms with Crippen LogP contribution in [0.3, 0.4) is 0 Å². The second-order valence-electron chi connectivity index (χ2n) is 4.67. The molecular weight excluding hydrogens is 283 g/mol. The van der Waals surface area contributed by atoms with Crippen molar-refractivity contribution in [3.63, 3.8) is 0 Å². The molecule has 1 N–H and O–H groups in total. The molecule has 0 radical (unpaired) electrons. The van der Waals surface area contributed by atoms with Crippen LogP contribution in [0.15, 0.2) is 42.6 Å². The molecule has 0 saturated carbocycles. The number of pyridine rings is 1. The van der Waals surface area contributed by atoms with E-state index in [0.29, 0.717) is 17.5 Å². The van der Waals surface area contributed by atoms with Gasteiger partial charge in [0, 0.05) is 23.9 Å².